The lowest BCUT2D eigenvalue weighted by atomic mass is 9.68. The molecule has 0 saturated carbocycles. The van der Waals surface area contributed by atoms with Crippen LogP contribution < -0.4 is 9.80 Å². The third-order valence-corrected chi connectivity index (χ3v) is 26.2. The highest BCUT2D eigenvalue weighted by Crippen LogP contribution is 2.62. The summed E-state index contributed by atoms with van der Waals surface area (Å²) in [5, 5.41) is 0. The third-order valence-electron chi connectivity index (χ3n) is 26.2. The van der Waals surface area contributed by atoms with Gasteiger partial charge in [0.1, 0.15) is 0 Å². The monoisotopic (exact) mass is 1410 g/mol. The molecule has 0 N–H and O–H groups in total. The molecule has 14 aromatic carbocycles. The lowest BCUT2D eigenvalue weighted by molar-refractivity contribution is 0.364. The van der Waals surface area contributed by atoms with Crippen LogP contribution in [0.2, 0.25) is 0 Å². The van der Waals surface area contributed by atoms with Crippen LogP contribution in [0.4, 0.5) is 34.1 Å². The first-order chi connectivity index (χ1) is 52.7. The molecular weight excluding hydrogens is 1310 g/mol. The Balaban J connectivity index is 0.829. The van der Waals surface area contributed by atoms with Crippen molar-refractivity contribution in [2.24, 2.45) is 11.8 Å². The summed E-state index contributed by atoms with van der Waals surface area (Å²) in [7, 11) is 0. The minimum Gasteiger partial charge on any atom is -0.310 e. The van der Waals surface area contributed by atoms with Crippen LogP contribution >= 0.6 is 0 Å². The van der Waals surface area contributed by atoms with E-state index in [0.717, 1.165) is 59.8 Å². The molecular formula is C107H96N2. The molecule has 0 fully saturated rings. The maximum atomic E-state index is 2.75. The normalized spacial score (nSPS) is 15.3. The molecule has 0 bridgehead atoms. The molecule has 2 heteroatoms. The zero-order valence-corrected chi connectivity index (χ0v) is 65.2. The zero-order chi connectivity index (χ0) is 74.6. The van der Waals surface area contributed by atoms with Gasteiger partial charge in [-0.2, -0.15) is 0 Å². The molecule has 19 rings (SSSR count). The van der Waals surface area contributed by atoms with Gasteiger partial charge in [0.25, 0.3) is 0 Å². The summed E-state index contributed by atoms with van der Waals surface area (Å²) in [6.07, 6.45) is 4.29. The highest BCUT2D eigenvalue weighted by Gasteiger charge is 2.47. The van der Waals surface area contributed by atoms with Gasteiger partial charge in [-0.3, -0.25) is 0 Å². The molecule has 0 spiro atoms. The Morgan fingerprint density at radius 1 is 0.202 bits per heavy atom. The predicted molar refractivity (Wildman–Crippen MR) is 462 cm³/mol. The number of rotatable bonds is 16. The van der Waals surface area contributed by atoms with Crippen molar-refractivity contribution in [3.8, 4) is 100 Å². The van der Waals surface area contributed by atoms with Gasteiger partial charge in [-0.05, 0) is 315 Å². The van der Waals surface area contributed by atoms with Crippen LogP contribution in [-0.2, 0) is 27.1 Å². The Bertz CT molecular complexity index is 5530. The topological polar surface area (TPSA) is 6.48 Å². The van der Waals surface area contributed by atoms with Crippen LogP contribution in [-0.4, -0.2) is 0 Å². The number of fused-ring (bicyclic) bond motifs is 15. The van der Waals surface area contributed by atoms with Crippen LogP contribution in [0.3, 0.4) is 0 Å². The van der Waals surface area contributed by atoms with Gasteiger partial charge < -0.3 is 9.80 Å². The van der Waals surface area contributed by atoms with E-state index in [4.69, 9.17) is 0 Å². The van der Waals surface area contributed by atoms with Crippen molar-refractivity contribution >= 4 is 34.1 Å². The number of benzene rings is 14. The van der Waals surface area contributed by atoms with Gasteiger partial charge in [-0.1, -0.05) is 265 Å². The highest BCUT2D eigenvalue weighted by molar-refractivity contribution is 6.00. The number of hydrogen-bond donors (Lipinski definition) is 0. The maximum Gasteiger partial charge on any atom is 0.0465 e. The third kappa shape index (κ3) is 10.7. The van der Waals surface area contributed by atoms with Crippen molar-refractivity contribution in [3.63, 3.8) is 0 Å². The van der Waals surface area contributed by atoms with Gasteiger partial charge in [0.2, 0.25) is 0 Å². The molecule has 14 aromatic rings. The van der Waals surface area contributed by atoms with E-state index in [0.29, 0.717) is 11.8 Å². The lowest BCUT2D eigenvalue weighted by Gasteiger charge is -2.35. The summed E-state index contributed by atoms with van der Waals surface area (Å²) in [6, 6.07) is 117. The zero-order valence-electron chi connectivity index (χ0n) is 65.2. The van der Waals surface area contributed by atoms with Crippen molar-refractivity contribution in [1.29, 1.82) is 0 Å². The van der Waals surface area contributed by atoms with E-state index in [1.165, 1.54) is 156 Å². The average molecular weight is 1410 g/mol. The van der Waals surface area contributed by atoms with Crippen molar-refractivity contribution in [2.75, 3.05) is 9.80 Å². The Labute approximate surface area is 646 Å². The summed E-state index contributed by atoms with van der Waals surface area (Å²) < 4.78 is 0. The molecule has 5 aliphatic carbocycles. The van der Waals surface area contributed by atoms with E-state index in [1.807, 2.05) is 0 Å². The molecule has 0 atom stereocenters. The molecule has 0 unspecified atom stereocenters. The standard InChI is InChI=1S/C107H96N2/c1-67(2)53-55-107(56-54-68(3)4)101-65-89(71-43-49-83-85-51-45-77(61-99(85)105(9,10)97(83)59-71)108(73-29-17-13-18-30-73)74-31-19-14-20-32-74)87(69-41-47-81-79-37-25-27-39-93(79)103(5,6)95(81)57-69)63-91(101)92-64-88(70-42-48-82-80-38-26-28-40-94(80)104(7,8)96(82)58-70)90(66-102(92)107)72-44-50-84-86-52-46-78(62-100(86)106(11,12)98(84)60-72)109(75-33-21-15-22-34-75)76-35-23-16-24-36-76/h13-52,57-68H,53-56H2,1-12H3. The summed E-state index contributed by atoms with van der Waals surface area (Å²) in [6.45, 7) is 29.4. The molecule has 0 saturated heterocycles. The fourth-order valence-electron chi connectivity index (χ4n) is 20.3. The molecule has 0 radical (unpaired) electrons. The fourth-order valence-corrected chi connectivity index (χ4v) is 20.3. The number of nitrogens with zero attached hydrogens (tertiary/aromatic N) is 2. The molecule has 2 nitrogen and oxygen atoms in total. The van der Waals surface area contributed by atoms with Crippen LogP contribution in [0.5, 0.6) is 0 Å². The van der Waals surface area contributed by atoms with Gasteiger partial charge in [-0.25, -0.2) is 0 Å². The summed E-state index contributed by atoms with van der Waals surface area (Å²) in [4.78, 5) is 4.82. The van der Waals surface area contributed by atoms with Gasteiger partial charge in [0.15, 0.2) is 0 Å². The van der Waals surface area contributed by atoms with Crippen molar-refractivity contribution in [3.05, 3.63) is 359 Å². The minimum absolute atomic E-state index is 0.186. The molecule has 5 aliphatic rings. The summed E-state index contributed by atoms with van der Waals surface area (Å²) >= 11 is 0. The van der Waals surface area contributed by atoms with E-state index >= 15 is 0 Å². The van der Waals surface area contributed by atoms with Crippen LogP contribution in [0, 0.1) is 11.8 Å². The second-order valence-corrected chi connectivity index (χ2v) is 34.9. The Kier molecular flexibility index (Phi) is 15.9. The first-order valence-corrected chi connectivity index (χ1v) is 40.0. The maximum absolute atomic E-state index is 2.75. The Morgan fingerprint density at radius 3 is 0.752 bits per heavy atom. The van der Waals surface area contributed by atoms with E-state index in [9.17, 15) is 0 Å². The molecule has 0 heterocycles. The van der Waals surface area contributed by atoms with Crippen molar-refractivity contribution < 1.29 is 0 Å². The number of hydrogen-bond acceptors (Lipinski definition) is 2. The van der Waals surface area contributed by atoms with E-state index in [2.05, 4.69) is 396 Å². The van der Waals surface area contributed by atoms with Crippen molar-refractivity contribution in [1.82, 2.24) is 0 Å². The van der Waals surface area contributed by atoms with E-state index in [-0.39, 0.29) is 27.1 Å². The van der Waals surface area contributed by atoms with Crippen LogP contribution in [0.25, 0.3) is 100 Å². The number of anilines is 6. The quantitative estimate of drug-likeness (QED) is 0.0951. The second kappa shape index (κ2) is 25.4. The van der Waals surface area contributed by atoms with Crippen molar-refractivity contribution in [2.45, 2.75) is 136 Å². The molecule has 0 aliphatic heterocycles. The lowest BCUT2D eigenvalue weighted by Crippen LogP contribution is -2.27. The average Bonchev–Trinajstić information content (AvgIpc) is 1.55. The highest BCUT2D eigenvalue weighted by atomic mass is 15.1. The number of para-hydroxylation sites is 4. The van der Waals surface area contributed by atoms with Crippen LogP contribution in [0.15, 0.2) is 303 Å². The smallest absolute Gasteiger partial charge is 0.0465 e. The Hall–Kier alpha value is -11.3. The largest absolute Gasteiger partial charge is 0.310 e. The van der Waals surface area contributed by atoms with Crippen LogP contribution in [0.1, 0.15) is 164 Å². The van der Waals surface area contributed by atoms with Gasteiger partial charge in [0, 0.05) is 61.2 Å². The molecule has 0 aromatic heterocycles. The first-order valence-electron chi connectivity index (χ1n) is 40.0. The second-order valence-electron chi connectivity index (χ2n) is 34.9. The minimum atomic E-state index is -0.308. The van der Waals surface area contributed by atoms with Gasteiger partial charge >= 0.3 is 0 Å². The van der Waals surface area contributed by atoms with Gasteiger partial charge in [-0.15, -0.1) is 0 Å². The molecule has 109 heavy (non-hydrogen) atoms. The fraction of sp³-hybridized carbons (Fsp3) is 0.215. The van der Waals surface area contributed by atoms with E-state index in [1.54, 1.807) is 0 Å². The Morgan fingerprint density at radius 2 is 0.450 bits per heavy atom. The summed E-state index contributed by atoms with van der Waals surface area (Å²) in [5.41, 5.74) is 43.1. The van der Waals surface area contributed by atoms with E-state index < -0.39 is 0 Å². The first kappa shape index (κ1) is 68.2. The summed E-state index contributed by atoms with van der Waals surface area (Å²) in [5.74, 6) is 1.00. The SMILES string of the molecule is CC(C)CCC1(CCC(C)C)c2cc(-c3ccc4c(c3)C(C)(C)c3cc(N(c5ccccc5)c5ccccc5)ccc3-4)c(-c3ccc4c(c3)C(C)(C)c3ccccc3-4)cc2-c2cc(-c3ccc4c(c3)C(C)(C)c3ccccc3-4)c(-c3ccc4c(c3)C(C)(C)c3cc(N(c5ccccc5)c5ccccc5)ccc3-4)cc21. The molecule has 0 amide bonds. The van der Waals surface area contributed by atoms with Gasteiger partial charge in [0.05, 0.1) is 0 Å². The molecule has 534 valence electrons. The predicted octanol–water partition coefficient (Wildman–Crippen LogP) is 29.7.